The van der Waals surface area contributed by atoms with Crippen molar-refractivity contribution in [3.63, 3.8) is 0 Å². The Balaban J connectivity index is 2.23. The van der Waals surface area contributed by atoms with Crippen LogP contribution in [0.1, 0.15) is 36.1 Å². The molecule has 1 aromatic heterocycles. The van der Waals surface area contributed by atoms with Gasteiger partial charge < -0.3 is 4.74 Å². The summed E-state index contributed by atoms with van der Waals surface area (Å²) in [5, 5.41) is 2.01. The summed E-state index contributed by atoms with van der Waals surface area (Å²) in [5.74, 6) is -0.757. The van der Waals surface area contributed by atoms with E-state index in [1.807, 2.05) is 5.38 Å². The van der Waals surface area contributed by atoms with Crippen LogP contribution in [0.15, 0.2) is 11.4 Å². The standard InChI is InChI=1S/C11H12O3S/c1-2-7-3-4-15-11(7)8-5-9(12)14-10(13)6-8/h3-4,8H,2,5-6H2,1H3. The van der Waals surface area contributed by atoms with Crippen molar-refractivity contribution in [1.29, 1.82) is 0 Å². The summed E-state index contributed by atoms with van der Waals surface area (Å²) in [6.07, 6.45) is 1.61. The summed E-state index contributed by atoms with van der Waals surface area (Å²) < 4.78 is 4.51. The van der Waals surface area contributed by atoms with E-state index in [1.165, 1.54) is 10.4 Å². The molecule has 3 nitrogen and oxygen atoms in total. The van der Waals surface area contributed by atoms with Crippen molar-refractivity contribution in [3.8, 4) is 0 Å². The van der Waals surface area contributed by atoms with Gasteiger partial charge in [-0.1, -0.05) is 6.92 Å². The highest BCUT2D eigenvalue weighted by Crippen LogP contribution is 2.34. The van der Waals surface area contributed by atoms with Crippen LogP contribution in [0.25, 0.3) is 0 Å². The third kappa shape index (κ3) is 2.09. The maximum atomic E-state index is 11.1. The van der Waals surface area contributed by atoms with Crippen molar-refractivity contribution in [1.82, 2.24) is 0 Å². The topological polar surface area (TPSA) is 43.4 Å². The number of thiophene rings is 1. The van der Waals surface area contributed by atoms with Crippen LogP contribution in [0.3, 0.4) is 0 Å². The molecule has 2 rings (SSSR count). The molecule has 4 heteroatoms. The van der Waals surface area contributed by atoms with Crippen LogP contribution in [0.5, 0.6) is 0 Å². The Labute approximate surface area is 92.1 Å². The van der Waals surface area contributed by atoms with Gasteiger partial charge in [-0.2, -0.15) is 0 Å². The van der Waals surface area contributed by atoms with Gasteiger partial charge in [0.2, 0.25) is 0 Å². The largest absolute Gasteiger partial charge is 0.393 e. The summed E-state index contributed by atoms with van der Waals surface area (Å²) in [6.45, 7) is 2.08. The molecule has 1 aliphatic rings. The molecule has 15 heavy (non-hydrogen) atoms. The van der Waals surface area contributed by atoms with Crippen molar-refractivity contribution in [2.75, 3.05) is 0 Å². The Hall–Kier alpha value is -1.16. The molecule has 0 amide bonds. The molecule has 0 saturated carbocycles. The average molecular weight is 224 g/mol. The van der Waals surface area contributed by atoms with Gasteiger partial charge in [0, 0.05) is 10.8 Å². The fourth-order valence-electron chi connectivity index (χ4n) is 1.87. The summed E-state index contributed by atoms with van der Waals surface area (Å²) in [6, 6.07) is 2.06. The van der Waals surface area contributed by atoms with Crippen LogP contribution in [-0.4, -0.2) is 11.9 Å². The number of aryl methyl sites for hydroxylation is 1. The Morgan fingerprint density at radius 3 is 2.67 bits per heavy atom. The van der Waals surface area contributed by atoms with Crippen molar-refractivity contribution in [2.45, 2.75) is 32.1 Å². The van der Waals surface area contributed by atoms with Crippen LogP contribution < -0.4 is 0 Å². The minimum absolute atomic E-state index is 0.0358. The lowest BCUT2D eigenvalue weighted by Gasteiger charge is -2.19. The summed E-state index contributed by atoms with van der Waals surface area (Å²) in [5.41, 5.74) is 1.24. The second-order valence-corrected chi connectivity index (χ2v) is 4.56. The first-order valence-corrected chi connectivity index (χ1v) is 5.88. The molecule has 80 valence electrons. The first-order valence-electron chi connectivity index (χ1n) is 5.00. The van der Waals surface area contributed by atoms with Crippen LogP contribution in [0.2, 0.25) is 0 Å². The number of esters is 2. The molecule has 0 aromatic carbocycles. The number of hydrogen-bond donors (Lipinski definition) is 0. The van der Waals surface area contributed by atoms with E-state index in [1.54, 1.807) is 11.3 Å². The van der Waals surface area contributed by atoms with E-state index < -0.39 is 11.9 Å². The number of carbonyl (C=O) groups excluding carboxylic acids is 2. The lowest BCUT2D eigenvalue weighted by atomic mass is 9.94. The summed E-state index contributed by atoms with van der Waals surface area (Å²) >= 11 is 1.62. The molecule has 0 atom stereocenters. The zero-order valence-corrected chi connectivity index (χ0v) is 9.30. The SMILES string of the molecule is CCc1ccsc1C1CC(=O)OC(=O)C1. The van der Waals surface area contributed by atoms with Crippen molar-refractivity contribution >= 4 is 23.3 Å². The maximum Gasteiger partial charge on any atom is 0.314 e. The second kappa shape index (κ2) is 4.14. The molecule has 0 bridgehead atoms. The van der Waals surface area contributed by atoms with E-state index in [4.69, 9.17) is 0 Å². The number of ether oxygens (including phenoxy) is 1. The van der Waals surface area contributed by atoms with Gasteiger partial charge in [0.1, 0.15) is 0 Å². The van der Waals surface area contributed by atoms with Gasteiger partial charge in [0.15, 0.2) is 0 Å². The van der Waals surface area contributed by atoms with Crippen LogP contribution in [0.4, 0.5) is 0 Å². The number of cyclic esters (lactones) is 2. The zero-order valence-electron chi connectivity index (χ0n) is 8.49. The number of rotatable bonds is 2. The van der Waals surface area contributed by atoms with Gasteiger partial charge in [-0.05, 0) is 23.4 Å². The van der Waals surface area contributed by atoms with Crippen LogP contribution >= 0.6 is 11.3 Å². The molecule has 0 N–H and O–H groups in total. The van der Waals surface area contributed by atoms with E-state index in [-0.39, 0.29) is 5.92 Å². The van der Waals surface area contributed by atoms with Gasteiger partial charge >= 0.3 is 11.9 Å². The van der Waals surface area contributed by atoms with Gasteiger partial charge in [-0.3, -0.25) is 9.59 Å². The minimum atomic E-state index is -0.397. The van der Waals surface area contributed by atoms with Crippen molar-refractivity contribution in [3.05, 3.63) is 21.9 Å². The quantitative estimate of drug-likeness (QED) is 0.571. The second-order valence-electron chi connectivity index (χ2n) is 3.61. The molecule has 1 fully saturated rings. The Kier molecular flexibility index (Phi) is 2.86. The predicted molar refractivity (Wildman–Crippen MR) is 56.8 cm³/mol. The smallest absolute Gasteiger partial charge is 0.314 e. The Bertz CT molecular complexity index is 378. The normalized spacial score (nSPS) is 17.9. The van der Waals surface area contributed by atoms with E-state index in [2.05, 4.69) is 17.7 Å². The van der Waals surface area contributed by atoms with E-state index in [0.717, 1.165) is 6.42 Å². The molecule has 1 aromatic rings. The van der Waals surface area contributed by atoms with Crippen LogP contribution in [-0.2, 0) is 20.7 Å². The Morgan fingerprint density at radius 2 is 2.07 bits per heavy atom. The third-order valence-corrected chi connectivity index (χ3v) is 3.71. The van der Waals surface area contributed by atoms with E-state index in [0.29, 0.717) is 12.8 Å². The van der Waals surface area contributed by atoms with E-state index in [9.17, 15) is 9.59 Å². The van der Waals surface area contributed by atoms with Gasteiger partial charge in [0.05, 0.1) is 12.8 Å². The molecule has 0 radical (unpaired) electrons. The minimum Gasteiger partial charge on any atom is -0.393 e. The van der Waals surface area contributed by atoms with Gasteiger partial charge in [0.25, 0.3) is 0 Å². The molecule has 0 unspecified atom stereocenters. The lowest BCUT2D eigenvalue weighted by molar-refractivity contribution is -0.163. The van der Waals surface area contributed by atoms with Gasteiger partial charge in [-0.25, -0.2) is 0 Å². The van der Waals surface area contributed by atoms with Crippen LogP contribution in [0, 0.1) is 0 Å². The van der Waals surface area contributed by atoms with Gasteiger partial charge in [-0.15, -0.1) is 11.3 Å². The highest BCUT2D eigenvalue weighted by atomic mass is 32.1. The molecular weight excluding hydrogens is 212 g/mol. The molecule has 0 spiro atoms. The molecule has 1 saturated heterocycles. The fourth-order valence-corrected chi connectivity index (χ4v) is 2.97. The van der Waals surface area contributed by atoms with E-state index >= 15 is 0 Å². The number of hydrogen-bond acceptors (Lipinski definition) is 4. The maximum absolute atomic E-state index is 11.1. The molecule has 2 heterocycles. The molecule has 1 aliphatic heterocycles. The molecule has 0 aliphatic carbocycles. The zero-order chi connectivity index (χ0) is 10.8. The first-order chi connectivity index (χ1) is 7.20. The average Bonchev–Trinajstić information content (AvgIpc) is 2.63. The van der Waals surface area contributed by atoms with Crippen molar-refractivity contribution < 1.29 is 14.3 Å². The summed E-state index contributed by atoms with van der Waals surface area (Å²) in [4.78, 5) is 23.4. The Morgan fingerprint density at radius 1 is 1.40 bits per heavy atom. The summed E-state index contributed by atoms with van der Waals surface area (Å²) in [7, 11) is 0. The lowest BCUT2D eigenvalue weighted by Crippen LogP contribution is -2.24. The highest BCUT2D eigenvalue weighted by Gasteiger charge is 2.30. The fraction of sp³-hybridized carbons (Fsp3) is 0.455. The predicted octanol–water partition coefficient (Wildman–Crippen LogP) is 2.26. The monoisotopic (exact) mass is 224 g/mol. The highest BCUT2D eigenvalue weighted by molar-refractivity contribution is 7.10. The van der Waals surface area contributed by atoms with Crippen molar-refractivity contribution in [2.24, 2.45) is 0 Å². The first kappa shape index (κ1) is 10.4. The third-order valence-electron chi connectivity index (χ3n) is 2.59. The number of carbonyl (C=O) groups is 2. The molecular formula is C11H12O3S.